The summed E-state index contributed by atoms with van der Waals surface area (Å²) in [7, 11) is 0. The number of aliphatic hydroxyl groups is 1. The van der Waals surface area contributed by atoms with Gasteiger partial charge in [0.1, 0.15) is 0 Å². The summed E-state index contributed by atoms with van der Waals surface area (Å²) in [5.74, 6) is 0. The molecular formula is C9H17NO. The molecule has 64 valence electrons. The summed E-state index contributed by atoms with van der Waals surface area (Å²) in [6.45, 7) is 5.38. The first-order valence-electron chi connectivity index (χ1n) is 4.00. The van der Waals surface area contributed by atoms with Crippen LogP contribution in [-0.2, 0) is 0 Å². The lowest BCUT2D eigenvalue weighted by molar-refractivity contribution is 0.156. The van der Waals surface area contributed by atoms with Gasteiger partial charge in [0.05, 0.1) is 6.10 Å². The van der Waals surface area contributed by atoms with Gasteiger partial charge in [-0.05, 0) is 25.3 Å². The molecule has 0 saturated heterocycles. The van der Waals surface area contributed by atoms with Crippen molar-refractivity contribution in [1.29, 1.82) is 0 Å². The lowest BCUT2D eigenvalue weighted by Crippen LogP contribution is -2.19. The molecule has 2 nitrogen and oxygen atoms in total. The third-order valence-corrected chi connectivity index (χ3v) is 1.64. The van der Waals surface area contributed by atoms with E-state index in [1.54, 1.807) is 6.08 Å². The van der Waals surface area contributed by atoms with Gasteiger partial charge in [-0.15, -0.1) is 5.73 Å². The van der Waals surface area contributed by atoms with Crippen molar-refractivity contribution in [2.45, 2.75) is 38.3 Å². The van der Waals surface area contributed by atoms with E-state index in [-0.39, 0.29) is 12.1 Å². The van der Waals surface area contributed by atoms with E-state index in [0.29, 0.717) is 0 Å². The Balaban J connectivity index is 3.44. The van der Waals surface area contributed by atoms with Crippen LogP contribution in [0.5, 0.6) is 0 Å². The maximum absolute atomic E-state index is 9.17. The first kappa shape index (κ1) is 10.4. The molecular weight excluding hydrogens is 138 g/mol. The van der Waals surface area contributed by atoms with Gasteiger partial charge >= 0.3 is 0 Å². The van der Waals surface area contributed by atoms with E-state index in [4.69, 9.17) is 10.8 Å². The third-order valence-electron chi connectivity index (χ3n) is 1.64. The van der Waals surface area contributed by atoms with Crippen molar-refractivity contribution < 1.29 is 5.11 Å². The molecule has 0 saturated carbocycles. The summed E-state index contributed by atoms with van der Waals surface area (Å²) < 4.78 is 0. The Morgan fingerprint density at radius 1 is 1.64 bits per heavy atom. The maximum atomic E-state index is 9.17. The Labute approximate surface area is 68.4 Å². The summed E-state index contributed by atoms with van der Waals surface area (Å²) in [6.07, 6.45) is 3.87. The molecule has 2 heteroatoms. The minimum Gasteiger partial charge on any atom is -0.393 e. The van der Waals surface area contributed by atoms with Crippen LogP contribution in [0.4, 0.5) is 0 Å². The topological polar surface area (TPSA) is 46.2 Å². The number of aliphatic hydroxyl groups excluding tert-OH is 1. The first-order chi connectivity index (χ1) is 5.20. The van der Waals surface area contributed by atoms with Crippen molar-refractivity contribution in [2.75, 3.05) is 0 Å². The fourth-order valence-corrected chi connectivity index (χ4v) is 0.824. The highest BCUT2D eigenvalue weighted by molar-refractivity contribution is 4.87. The van der Waals surface area contributed by atoms with Crippen molar-refractivity contribution in [3.05, 3.63) is 18.4 Å². The molecule has 0 rings (SSSR count). The minimum absolute atomic E-state index is 0.00583. The Kier molecular flexibility index (Phi) is 5.86. The second-order valence-corrected chi connectivity index (χ2v) is 2.67. The van der Waals surface area contributed by atoms with E-state index in [2.05, 4.69) is 12.3 Å². The zero-order chi connectivity index (χ0) is 8.69. The second kappa shape index (κ2) is 6.17. The molecule has 0 aromatic rings. The normalized spacial score (nSPS) is 15.2. The van der Waals surface area contributed by atoms with Gasteiger partial charge in [-0.3, -0.25) is 0 Å². The van der Waals surface area contributed by atoms with E-state index in [1.807, 2.05) is 6.92 Å². The van der Waals surface area contributed by atoms with Gasteiger partial charge in [-0.1, -0.05) is 13.5 Å². The molecule has 0 bridgehead atoms. The van der Waals surface area contributed by atoms with Crippen molar-refractivity contribution in [2.24, 2.45) is 5.73 Å². The van der Waals surface area contributed by atoms with Crippen molar-refractivity contribution in [3.8, 4) is 0 Å². The Hall–Kier alpha value is -0.560. The van der Waals surface area contributed by atoms with Gasteiger partial charge in [-0.2, -0.15) is 0 Å². The van der Waals surface area contributed by atoms with E-state index in [1.165, 1.54) is 0 Å². The standard InChI is InChI=1S/C9H17NO/c1-3-5-8(10)6-7-9(11)4-2/h5,8-9,11H,1,4,6-7,10H2,2H3. The first-order valence-corrected chi connectivity index (χ1v) is 4.00. The summed E-state index contributed by atoms with van der Waals surface area (Å²) >= 11 is 0. The molecule has 11 heavy (non-hydrogen) atoms. The molecule has 3 N–H and O–H groups in total. The zero-order valence-electron chi connectivity index (χ0n) is 7.09. The van der Waals surface area contributed by atoms with E-state index in [0.717, 1.165) is 19.3 Å². The van der Waals surface area contributed by atoms with Gasteiger partial charge in [0.15, 0.2) is 0 Å². The van der Waals surface area contributed by atoms with Gasteiger partial charge < -0.3 is 10.8 Å². The van der Waals surface area contributed by atoms with Crippen LogP contribution < -0.4 is 5.73 Å². The molecule has 2 unspecified atom stereocenters. The predicted octanol–water partition coefficient (Wildman–Crippen LogP) is 1.21. The van der Waals surface area contributed by atoms with Crippen LogP contribution >= 0.6 is 0 Å². The lowest BCUT2D eigenvalue weighted by Gasteiger charge is -2.09. The van der Waals surface area contributed by atoms with E-state index >= 15 is 0 Å². The molecule has 0 aromatic heterocycles. The van der Waals surface area contributed by atoms with Gasteiger partial charge in [0.25, 0.3) is 0 Å². The maximum Gasteiger partial charge on any atom is 0.0538 e. The monoisotopic (exact) mass is 155 g/mol. The van der Waals surface area contributed by atoms with Crippen LogP contribution in [0.3, 0.4) is 0 Å². The van der Waals surface area contributed by atoms with Crippen LogP contribution in [0.25, 0.3) is 0 Å². The summed E-state index contributed by atoms with van der Waals surface area (Å²) in [4.78, 5) is 0. The third kappa shape index (κ3) is 5.86. The molecule has 0 aliphatic carbocycles. The number of nitrogens with two attached hydrogens (primary N) is 1. The summed E-state index contributed by atoms with van der Waals surface area (Å²) in [5, 5.41) is 9.17. The molecule has 0 spiro atoms. The van der Waals surface area contributed by atoms with Gasteiger partial charge in [0.2, 0.25) is 0 Å². The highest BCUT2D eigenvalue weighted by Crippen LogP contribution is 2.03. The highest BCUT2D eigenvalue weighted by atomic mass is 16.3. The summed E-state index contributed by atoms with van der Waals surface area (Å²) in [6, 6.07) is -0.00583. The number of hydrogen-bond acceptors (Lipinski definition) is 2. The Bertz CT molecular complexity index is 138. The predicted molar refractivity (Wildman–Crippen MR) is 47.2 cm³/mol. The van der Waals surface area contributed by atoms with Crippen molar-refractivity contribution >= 4 is 0 Å². The molecule has 2 atom stereocenters. The van der Waals surface area contributed by atoms with Gasteiger partial charge in [-0.25, -0.2) is 0 Å². The molecule has 0 amide bonds. The Morgan fingerprint density at radius 2 is 2.27 bits per heavy atom. The van der Waals surface area contributed by atoms with Crippen LogP contribution in [0, 0.1) is 0 Å². The average molecular weight is 155 g/mol. The zero-order valence-corrected chi connectivity index (χ0v) is 7.09. The van der Waals surface area contributed by atoms with E-state index < -0.39 is 0 Å². The van der Waals surface area contributed by atoms with Crippen LogP contribution in [0.2, 0.25) is 0 Å². The minimum atomic E-state index is -0.209. The van der Waals surface area contributed by atoms with E-state index in [9.17, 15) is 0 Å². The fraction of sp³-hybridized carbons (Fsp3) is 0.667. The SMILES string of the molecule is C=C=CC(N)CCC(O)CC. The highest BCUT2D eigenvalue weighted by Gasteiger charge is 2.02. The molecule has 0 aromatic carbocycles. The van der Waals surface area contributed by atoms with Crippen LogP contribution in [0.1, 0.15) is 26.2 Å². The summed E-state index contributed by atoms with van der Waals surface area (Å²) in [5.41, 5.74) is 8.25. The van der Waals surface area contributed by atoms with Crippen LogP contribution in [0.15, 0.2) is 18.4 Å². The molecule has 0 aliphatic heterocycles. The van der Waals surface area contributed by atoms with Crippen LogP contribution in [-0.4, -0.2) is 17.3 Å². The second-order valence-electron chi connectivity index (χ2n) is 2.67. The fourth-order valence-electron chi connectivity index (χ4n) is 0.824. The lowest BCUT2D eigenvalue weighted by atomic mass is 10.1. The Morgan fingerprint density at radius 3 is 2.73 bits per heavy atom. The van der Waals surface area contributed by atoms with Crippen molar-refractivity contribution in [3.63, 3.8) is 0 Å². The largest absolute Gasteiger partial charge is 0.393 e. The quantitative estimate of drug-likeness (QED) is 0.586. The molecule has 0 heterocycles. The number of rotatable bonds is 5. The van der Waals surface area contributed by atoms with Gasteiger partial charge in [0, 0.05) is 6.04 Å². The molecule has 0 fully saturated rings. The smallest absolute Gasteiger partial charge is 0.0538 e. The molecule has 0 aliphatic rings. The number of hydrogen-bond donors (Lipinski definition) is 2. The average Bonchev–Trinajstić information content (AvgIpc) is 2.01. The van der Waals surface area contributed by atoms with Crippen molar-refractivity contribution in [1.82, 2.24) is 0 Å². The molecule has 0 radical (unpaired) electrons.